The van der Waals surface area contributed by atoms with E-state index in [1.165, 1.54) is 85.7 Å². The van der Waals surface area contributed by atoms with E-state index < -0.39 is 0 Å². The molecule has 10 rings (SSSR count). The van der Waals surface area contributed by atoms with Gasteiger partial charge in [0.15, 0.2) is 0 Å². The Labute approximate surface area is 358 Å². The molecule has 2 atom stereocenters. The Balaban J connectivity index is 1.30. The number of rotatable bonds is 3. The Morgan fingerprint density at radius 3 is 2.08 bits per heavy atom. The summed E-state index contributed by atoms with van der Waals surface area (Å²) in [6, 6.07) is 33.6. The van der Waals surface area contributed by atoms with Gasteiger partial charge in [-0.15, -0.1) is 0 Å². The second-order valence-corrected chi connectivity index (χ2v) is 22.8. The van der Waals surface area contributed by atoms with Gasteiger partial charge in [0.2, 0.25) is 6.71 Å². The lowest BCUT2D eigenvalue weighted by atomic mass is 9.30. The van der Waals surface area contributed by atoms with Gasteiger partial charge in [0.25, 0.3) is 0 Å². The number of fused-ring (bicyclic) bond motifs is 7. The summed E-state index contributed by atoms with van der Waals surface area (Å²) in [5, 5.41) is 0. The number of thiophene rings is 1. The van der Waals surface area contributed by atoms with Gasteiger partial charge in [-0.1, -0.05) is 148 Å². The molecule has 0 radical (unpaired) electrons. The molecule has 3 heterocycles. The van der Waals surface area contributed by atoms with Gasteiger partial charge in [0, 0.05) is 43.7 Å². The van der Waals surface area contributed by atoms with E-state index in [-0.39, 0.29) is 40.2 Å². The number of benzene rings is 4. The predicted molar refractivity (Wildman–Crippen MR) is 258 cm³/mol. The molecule has 300 valence electrons. The van der Waals surface area contributed by atoms with Crippen molar-refractivity contribution in [3.8, 4) is 11.1 Å². The maximum atomic E-state index is 2.76. The molecule has 5 aliphatic rings. The molecule has 4 heteroatoms. The number of hydrogen-bond acceptors (Lipinski definition) is 3. The van der Waals surface area contributed by atoms with Gasteiger partial charge in [0.05, 0.1) is 17.4 Å². The summed E-state index contributed by atoms with van der Waals surface area (Å²) in [4.78, 5) is 7.05. The molecule has 0 N–H and O–H groups in total. The molecule has 59 heavy (non-hydrogen) atoms. The summed E-state index contributed by atoms with van der Waals surface area (Å²) in [6.07, 6.45) is 14.7. The van der Waals surface area contributed by atoms with Crippen LogP contribution in [0.25, 0.3) is 17.2 Å². The first kappa shape index (κ1) is 38.7. The molecule has 5 aromatic rings. The molecule has 1 aromatic heterocycles. The summed E-state index contributed by atoms with van der Waals surface area (Å²) in [7, 11) is 0. The Morgan fingerprint density at radius 2 is 1.41 bits per heavy atom. The molecular formula is C55H61BN2S. The van der Waals surface area contributed by atoms with Crippen LogP contribution in [0.3, 0.4) is 0 Å². The van der Waals surface area contributed by atoms with E-state index in [1.54, 1.807) is 15.2 Å². The summed E-state index contributed by atoms with van der Waals surface area (Å²) >= 11 is 2.11. The van der Waals surface area contributed by atoms with Crippen molar-refractivity contribution in [2.75, 3.05) is 9.80 Å². The lowest BCUT2D eigenvalue weighted by Gasteiger charge is -2.53. The number of anilines is 4. The summed E-state index contributed by atoms with van der Waals surface area (Å²) in [5.74, 6) is 0.216. The number of allylic oxidation sites excluding steroid dienone is 3. The van der Waals surface area contributed by atoms with Crippen molar-refractivity contribution in [1.82, 2.24) is 0 Å². The first-order chi connectivity index (χ1) is 27.9. The van der Waals surface area contributed by atoms with Gasteiger partial charge in [-0.3, -0.25) is 0 Å². The molecule has 2 unspecified atom stereocenters. The maximum Gasteiger partial charge on any atom is 0.239 e. The van der Waals surface area contributed by atoms with Crippen LogP contribution >= 0.6 is 11.3 Å². The Morgan fingerprint density at radius 1 is 0.746 bits per heavy atom. The molecule has 0 saturated heterocycles. The van der Waals surface area contributed by atoms with Crippen LogP contribution in [0.15, 0.2) is 114 Å². The quantitative estimate of drug-likeness (QED) is 0.168. The second-order valence-electron chi connectivity index (χ2n) is 21.6. The standard InChI is InChI=1S/C55H61BN2S/c1-34-29-46-49-47(30-34)58(44-26-23-37(53(5,6)7)31-40(44)35-17-13-12-14-18-35)45-33-42-41(54(8,9)27-28-55(42,10)11)32-43(45)56(49)51-50(39-19-15-16-20-48(39)59-51)57(46)38-24-21-36(22-25-38)52(2,3)4/h12-15,17-19,21-26,29-33,46,49H,16,20,27-28H2,1-11H3. The van der Waals surface area contributed by atoms with Crippen molar-refractivity contribution in [1.29, 1.82) is 0 Å². The van der Waals surface area contributed by atoms with Crippen molar-refractivity contribution in [3.63, 3.8) is 0 Å². The molecule has 0 bridgehead atoms. The van der Waals surface area contributed by atoms with Crippen molar-refractivity contribution >= 4 is 57.1 Å². The van der Waals surface area contributed by atoms with E-state index >= 15 is 0 Å². The van der Waals surface area contributed by atoms with E-state index in [0.29, 0.717) is 0 Å². The number of nitrogens with zero attached hydrogens (tertiary/aromatic N) is 2. The number of hydrogen-bond donors (Lipinski definition) is 0. The van der Waals surface area contributed by atoms with E-state index in [1.807, 2.05) is 0 Å². The minimum absolute atomic E-state index is 0.0196. The lowest BCUT2D eigenvalue weighted by molar-refractivity contribution is 0.332. The first-order valence-electron chi connectivity index (χ1n) is 22.2. The first-order valence-corrected chi connectivity index (χ1v) is 23.0. The average Bonchev–Trinajstić information content (AvgIpc) is 3.58. The van der Waals surface area contributed by atoms with Crippen molar-refractivity contribution in [3.05, 3.63) is 147 Å². The third kappa shape index (κ3) is 6.09. The summed E-state index contributed by atoms with van der Waals surface area (Å²) in [5.41, 5.74) is 19.7. The fourth-order valence-electron chi connectivity index (χ4n) is 11.1. The van der Waals surface area contributed by atoms with E-state index in [0.717, 1.165) is 12.8 Å². The van der Waals surface area contributed by atoms with Crippen LogP contribution in [-0.4, -0.2) is 12.8 Å². The minimum Gasteiger partial charge on any atom is -0.334 e. The smallest absolute Gasteiger partial charge is 0.239 e. The van der Waals surface area contributed by atoms with Gasteiger partial charge in [0.1, 0.15) is 0 Å². The lowest BCUT2D eigenvalue weighted by Crippen LogP contribution is -2.63. The molecule has 3 aliphatic carbocycles. The highest BCUT2D eigenvalue weighted by Gasteiger charge is 2.55. The molecule has 0 fully saturated rings. The molecule has 4 aromatic carbocycles. The Kier molecular flexibility index (Phi) is 8.67. The fourth-order valence-corrected chi connectivity index (χ4v) is 12.5. The minimum atomic E-state index is 0.0196. The van der Waals surface area contributed by atoms with Crippen molar-refractivity contribution < 1.29 is 0 Å². The van der Waals surface area contributed by atoms with E-state index in [9.17, 15) is 0 Å². The fraction of sp³-hybridized carbons (Fsp3) is 0.382. The third-order valence-corrected chi connectivity index (χ3v) is 15.9. The van der Waals surface area contributed by atoms with Crippen LogP contribution in [0.1, 0.15) is 128 Å². The Hall–Kier alpha value is -4.54. The molecule has 0 saturated carbocycles. The molecule has 0 spiro atoms. The highest BCUT2D eigenvalue weighted by atomic mass is 32.1. The second kappa shape index (κ2) is 13.2. The largest absolute Gasteiger partial charge is 0.334 e. The van der Waals surface area contributed by atoms with Gasteiger partial charge in [-0.25, -0.2) is 0 Å². The van der Waals surface area contributed by atoms with Gasteiger partial charge in [-0.05, 0) is 124 Å². The topological polar surface area (TPSA) is 6.48 Å². The molecule has 2 aliphatic heterocycles. The molecular weight excluding hydrogens is 731 g/mol. The van der Waals surface area contributed by atoms with Crippen LogP contribution in [0.4, 0.5) is 22.7 Å². The normalized spacial score (nSPS) is 21.2. The van der Waals surface area contributed by atoms with Crippen molar-refractivity contribution in [2.24, 2.45) is 0 Å². The van der Waals surface area contributed by atoms with Crippen LogP contribution in [0.2, 0.25) is 5.82 Å². The van der Waals surface area contributed by atoms with Crippen LogP contribution in [0.5, 0.6) is 0 Å². The third-order valence-electron chi connectivity index (χ3n) is 14.6. The maximum absolute atomic E-state index is 2.76. The van der Waals surface area contributed by atoms with E-state index in [4.69, 9.17) is 0 Å². The van der Waals surface area contributed by atoms with E-state index in [2.05, 4.69) is 207 Å². The van der Waals surface area contributed by atoms with Gasteiger partial charge < -0.3 is 9.80 Å². The molecule has 2 nitrogen and oxygen atoms in total. The van der Waals surface area contributed by atoms with Gasteiger partial charge in [-0.2, -0.15) is 11.3 Å². The zero-order valence-corrected chi connectivity index (χ0v) is 38.1. The van der Waals surface area contributed by atoms with Crippen LogP contribution < -0.4 is 20.0 Å². The summed E-state index contributed by atoms with van der Waals surface area (Å²) in [6.45, 7) is 26.5. The zero-order valence-electron chi connectivity index (χ0n) is 37.3. The van der Waals surface area contributed by atoms with Crippen LogP contribution in [0, 0.1) is 0 Å². The highest BCUT2D eigenvalue weighted by Crippen LogP contribution is 2.57. The van der Waals surface area contributed by atoms with Crippen LogP contribution in [-0.2, 0) is 28.1 Å². The van der Waals surface area contributed by atoms with Gasteiger partial charge >= 0.3 is 0 Å². The van der Waals surface area contributed by atoms with Crippen molar-refractivity contribution in [2.45, 2.75) is 135 Å². The molecule has 0 amide bonds. The predicted octanol–water partition coefficient (Wildman–Crippen LogP) is 13.8. The summed E-state index contributed by atoms with van der Waals surface area (Å²) < 4.78 is 1.54. The average molecular weight is 793 g/mol. The highest BCUT2D eigenvalue weighted by molar-refractivity contribution is 7.27. The monoisotopic (exact) mass is 792 g/mol. The SMILES string of the molecule is CC1=CC2C3B(c4cc5c(cc4N(c4ccc(C(C)(C)C)cc4-c4ccccc4)C3=C1)C(C)(C)CCC5(C)C)c1sc3c(c1N2c1ccc(C(C)(C)C)cc1)C=CCC3. The zero-order chi connectivity index (χ0) is 41.4. The Bertz CT molecular complexity index is 2600. The number of aryl methyl sites for hydroxylation is 1.